The molecule has 2 aliphatic rings. The summed E-state index contributed by atoms with van der Waals surface area (Å²) in [7, 11) is 3.81. The lowest BCUT2D eigenvalue weighted by Gasteiger charge is -2.34. The van der Waals surface area contributed by atoms with E-state index in [-0.39, 0.29) is 11.6 Å². The van der Waals surface area contributed by atoms with Crippen molar-refractivity contribution in [1.29, 1.82) is 0 Å². The molecule has 2 N–H and O–H groups in total. The fourth-order valence-electron chi connectivity index (χ4n) is 3.72. The van der Waals surface area contributed by atoms with Crippen LogP contribution >= 0.6 is 0 Å². The standard InChI is InChI=1S/C22H28N4O2/c1-25-13-15-26(16-14-25)19-7-5-18(6-8-19)23-21(27)24-22(11-12-22)17-3-9-20(28-2)10-4-17/h3-10H,11-16H2,1-2H3,(H2,23,24,27). The van der Waals surface area contributed by atoms with Gasteiger partial charge < -0.3 is 25.2 Å². The Morgan fingerprint density at radius 2 is 1.61 bits per heavy atom. The molecule has 6 heteroatoms. The predicted octanol–water partition coefficient (Wildman–Crippen LogP) is 3.26. The Morgan fingerprint density at radius 3 is 2.18 bits per heavy atom. The van der Waals surface area contributed by atoms with Gasteiger partial charge in [0.25, 0.3) is 0 Å². The molecule has 0 bridgehead atoms. The number of carbonyl (C=O) groups excluding carboxylic acids is 1. The van der Waals surface area contributed by atoms with Crippen molar-refractivity contribution in [3.63, 3.8) is 0 Å². The van der Waals surface area contributed by atoms with Crippen molar-refractivity contribution in [3.8, 4) is 5.75 Å². The molecule has 1 saturated heterocycles. The molecule has 4 rings (SSSR count). The number of anilines is 2. The number of likely N-dealkylation sites (N-methyl/N-ethyl adjacent to an activating group) is 1. The van der Waals surface area contributed by atoms with E-state index in [1.54, 1.807) is 7.11 Å². The Morgan fingerprint density at radius 1 is 0.964 bits per heavy atom. The lowest BCUT2D eigenvalue weighted by Crippen LogP contribution is -2.44. The second-order valence-electron chi connectivity index (χ2n) is 7.73. The number of benzene rings is 2. The first-order valence-electron chi connectivity index (χ1n) is 9.85. The zero-order chi connectivity index (χ0) is 19.6. The molecule has 0 spiro atoms. The van der Waals surface area contributed by atoms with Crippen molar-refractivity contribution in [1.82, 2.24) is 10.2 Å². The van der Waals surface area contributed by atoms with Crippen LogP contribution in [-0.4, -0.2) is 51.3 Å². The number of hydrogen-bond donors (Lipinski definition) is 2. The molecule has 0 atom stereocenters. The van der Waals surface area contributed by atoms with E-state index in [9.17, 15) is 4.79 Å². The second-order valence-corrected chi connectivity index (χ2v) is 7.73. The van der Waals surface area contributed by atoms with Crippen molar-refractivity contribution in [2.75, 3.05) is 50.6 Å². The Balaban J connectivity index is 1.34. The second kappa shape index (κ2) is 7.72. The van der Waals surface area contributed by atoms with Gasteiger partial charge in [0.1, 0.15) is 5.75 Å². The lowest BCUT2D eigenvalue weighted by molar-refractivity contribution is 0.247. The van der Waals surface area contributed by atoms with Crippen LogP contribution in [0.4, 0.5) is 16.2 Å². The number of methoxy groups -OCH3 is 1. The van der Waals surface area contributed by atoms with E-state index in [0.29, 0.717) is 0 Å². The molecule has 1 aliphatic heterocycles. The zero-order valence-electron chi connectivity index (χ0n) is 16.6. The predicted molar refractivity (Wildman–Crippen MR) is 112 cm³/mol. The highest BCUT2D eigenvalue weighted by Gasteiger charge is 2.45. The number of carbonyl (C=O) groups is 1. The lowest BCUT2D eigenvalue weighted by atomic mass is 10.1. The maximum absolute atomic E-state index is 12.5. The third kappa shape index (κ3) is 4.07. The van der Waals surface area contributed by atoms with Crippen LogP contribution in [0, 0.1) is 0 Å². The van der Waals surface area contributed by atoms with E-state index in [1.807, 2.05) is 36.4 Å². The number of nitrogens with zero attached hydrogens (tertiary/aromatic N) is 2. The highest BCUT2D eigenvalue weighted by atomic mass is 16.5. The van der Waals surface area contributed by atoms with Crippen molar-refractivity contribution in [2.45, 2.75) is 18.4 Å². The molecule has 2 fully saturated rings. The first-order chi connectivity index (χ1) is 13.6. The summed E-state index contributed by atoms with van der Waals surface area (Å²) in [5, 5.41) is 6.11. The molecule has 0 aromatic heterocycles. The summed E-state index contributed by atoms with van der Waals surface area (Å²) in [6.07, 6.45) is 1.91. The molecule has 6 nitrogen and oxygen atoms in total. The number of urea groups is 1. The van der Waals surface area contributed by atoms with Gasteiger partial charge in [-0.05, 0) is 61.9 Å². The molecule has 2 aromatic carbocycles. The van der Waals surface area contributed by atoms with Crippen molar-refractivity contribution in [2.24, 2.45) is 0 Å². The summed E-state index contributed by atoms with van der Waals surface area (Å²) < 4.78 is 5.22. The Labute approximate surface area is 166 Å². The largest absolute Gasteiger partial charge is 0.497 e. The first-order valence-corrected chi connectivity index (χ1v) is 9.85. The van der Waals surface area contributed by atoms with Gasteiger partial charge in [-0.2, -0.15) is 0 Å². The van der Waals surface area contributed by atoms with Crippen LogP contribution in [0.15, 0.2) is 48.5 Å². The van der Waals surface area contributed by atoms with Gasteiger partial charge in [0.05, 0.1) is 12.6 Å². The van der Waals surface area contributed by atoms with Gasteiger partial charge in [0.15, 0.2) is 0 Å². The Bertz CT molecular complexity index is 807. The summed E-state index contributed by atoms with van der Waals surface area (Å²) in [6, 6.07) is 15.9. The van der Waals surface area contributed by atoms with Gasteiger partial charge in [-0.1, -0.05) is 12.1 Å². The first kappa shape index (κ1) is 18.6. The van der Waals surface area contributed by atoms with Crippen LogP contribution in [0.25, 0.3) is 0 Å². The van der Waals surface area contributed by atoms with Gasteiger partial charge >= 0.3 is 6.03 Å². The molecule has 1 aliphatic carbocycles. The molecule has 148 valence electrons. The highest BCUT2D eigenvalue weighted by molar-refractivity contribution is 5.90. The number of nitrogens with one attached hydrogen (secondary N) is 2. The van der Waals surface area contributed by atoms with E-state index in [4.69, 9.17) is 4.74 Å². The Kier molecular flexibility index (Phi) is 5.13. The van der Waals surface area contributed by atoms with Gasteiger partial charge in [-0.3, -0.25) is 0 Å². The summed E-state index contributed by atoms with van der Waals surface area (Å²) in [4.78, 5) is 17.2. The van der Waals surface area contributed by atoms with Gasteiger partial charge in [0.2, 0.25) is 0 Å². The third-order valence-corrected chi connectivity index (χ3v) is 5.74. The number of rotatable bonds is 5. The summed E-state index contributed by atoms with van der Waals surface area (Å²) in [6.45, 7) is 4.23. The van der Waals surface area contributed by atoms with Crippen LogP contribution in [-0.2, 0) is 5.54 Å². The highest BCUT2D eigenvalue weighted by Crippen LogP contribution is 2.45. The number of ether oxygens (including phenoxy) is 1. The van der Waals surface area contributed by atoms with Crippen molar-refractivity contribution in [3.05, 3.63) is 54.1 Å². The average Bonchev–Trinajstić information content (AvgIpc) is 3.50. The van der Waals surface area contributed by atoms with Gasteiger partial charge in [-0.25, -0.2) is 4.79 Å². The normalized spacial score (nSPS) is 18.4. The van der Waals surface area contributed by atoms with Crippen molar-refractivity contribution >= 4 is 17.4 Å². The summed E-state index contributed by atoms with van der Waals surface area (Å²) >= 11 is 0. The van der Waals surface area contributed by atoms with E-state index in [1.165, 1.54) is 5.69 Å². The molecule has 0 unspecified atom stereocenters. The van der Waals surface area contributed by atoms with E-state index < -0.39 is 0 Å². The van der Waals surface area contributed by atoms with Crippen LogP contribution in [0.1, 0.15) is 18.4 Å². The zero-order valence-corrected chi connectivity index (χ0v) is 16.6. The van der Waals surface area contributed by atoms with E-state index in [0.717, 1.165) is 56.0 Å². The minimum Gasteiger partial charge on any atom is -0.497 e. The van der Waals surface area contributed by atoms with Crippen LogP contribution < -0.4 is 20.3 Å². The minimum atomic E-state index is -0.254. The molecule has 28 heavy (non-hydrogen) atoms. The maximum Gasteiger partial charge on any atom is 0.319 e. The number of hydrogen-bond acceptors (Lipinski definition) is 4. The monoisotopic (exact) mass is 380 g/mol. The van der Waals surface area contributed by atoms with Crippen LogP contribution in [0.3, 0.4) is 0 Å². The average molecular weight is 380 g/mol. The molecule has 2 aromatic rings. The molecule has 1 saturated carbocycles. The molecule has 0 radical (unpaired) electrons. The summed E-state index contributed by atoms with van der Waals surface area (Å²) in [5.74, 6) is 0.824. The SMILES string of the molecule is COc1ccc(C2(NC(=O)Nc3ccc(N4CCN(C)CC4)cc3)CC2)cc1. The van der Waals surface area contributed by atoms with Crippen molar-refractivity contribution < 1.29 is 9.53 Å². The third-order valence-electron chi connectivity index (χ3n) is 5.74. The van der Waals surface area contributed by atoms with E-state index in [2.05, 4.69) is 39.6 Å². The van der Waals surface area contributed by atoms with E-state index >= 15 is 0 Å². The summed E-state index contributed by atoms with van der Waals surface area (Å²) in [5.41, 5.74) is 2.88. The quantitative estimate of drug-likeness (QED) is 0.836. The number of amides is 2. The van der Waals surface area contributed by atoms with Gasteiger partial charge in [-0.15, -0.1) is 0 Å². The molecule has 1 heterocycles. The van der Waals surface area contributed by atoms with Gasteiger partial charge in [0, 0.05) is 37.6 Å². The Hall–Kier alpha value is -2.73. The van der Waals surface area contributed by atoms with Crippen LogP contribution in [0.5, 0.6) is 5.75 Å². The smallest absolute Gasteiger partial charge is 0.319 e. The molecule has 2 amide bonds. The number of piperazine rings is 1. The molecular formula is C22H28N4O2. The fourth-order valence-corrected chi connectivity index (χ4v) is 3.72. The fraction of sp³-hybridized carbons (Fsp3) is 0.409. The topological polar surface area (TPSA) is 56.8 Å². The maximum atomic E-state index is 12.5. The van der Waals surface area contributed by atoms with Crippen LogP contribution in [0.2, 0.25) is 0 Å². The minimum absolute atomic E-state index is 0.166. The molecular weight excluding hydrogens is 352 g/mol.